The van der Waals surface area contributed by atoms with E-state index in [0.717, 1.165) is 24.7 Å². The number of hydrogen-bond donors (Lipinski definition) is 1. The third kappa shape index (κ3) is 2.71. The number of benzene rings is 1. The summed E-state index contributed by atoms with van der Waals surface area (Å²) in [6.45, 7) is 6.79. The average molecular weight is 231 g/mol. The van der Waals surface area contributed by atoms with E-state index in [1.54, 1.807) is 0 Å². The van der Waals surface area contributed by atoms with Gasteiger partial charge in [0.05, 0.1) is 0 Å². The Hall–Kier alpha value is -0.820. The standard InChI is InChI=1S/C16H25N/c1-12(2)14-8-10-16(17,11-9-14)15-6-4-13(3)5-7-15/h4-7,12,14H,8-11,17H2,1-3H3. The molecule has 1 fully saturated rings. The van der Waals surface area contributed by atoms with Crippen molar-refractivity contribution in [2.75, 3.05) is 0 Å². The van der Waals surface area contributed by atoms with Crippen LogP contribution in [0, 0.1) is 18.8 Å². The molecule has 0 atom stereocenters. The molecule has 17 heavy (non-hydrogen) atoms. The monoisotopic (exact) mass is 231 g/mol. The van der Waals surface area contributed by atoms with Crippen LogP contribution in [0.4, 0.5) is 0 Å². The van der Waals surface area contributed by atoms with E-state index < -0.39 is 0 Å². The molecule has 0 aromatic heterocycles. The van der Waals surface area contributed by atoms with Crippen LogP contribution in [0.5, 0.6) is 0 Å². The van der Waals surface area contributed by atoms with Gasteiger partial charge in [0.1, 0.15) is 0 Å². The Balaban J connectivity index is 2.09. The third-order valence-corrected chi connectivity index (χ3v) is 4.49. The molecule has 1 aliphatic rings. The first-order valence-electron chi connectivity index (χ1n) is 6.87. The van der Waals surface area contributed by atoms with Crippen LogP contribution in [0.25, 0.3) is 0 Å². The van der Waals surface area contributed by atoms with Crippen molar-refractivity contribution >= 4 is 0 Å². The van der Waals surface area contributed by atoms with Gasteiger partial charge >= 0.3 is 0 Å². The van der Waals surface area contributed by atoms with Crippen LogP contribution in [0.2, 0.25) is 0 Å². The SMILES string of the molecule is Cc1ccc(C2(N)CCC(C(C)C)CC2)cc1. The van der Waals surface area contributed by atoms with E-state index in [0.29, 0.717) is 0 Å². The maximum Gasteiger partial charge on any atom is 0.0409 e. The van der Waals surface area contributed by atoms with E-state index >= 15 is 0 Å². The molecule has 1 aromatic carbocycles. The molecular weight excluding hydrogens is 206 g/mol. The quantitative estimate of drug-likeness (QED) is 0.818. The minimum Gasteiger partial charge on any atom is -0.321 e. The van der Waals surface area contributed by atoms with Crippen LogP contribution in [0.3, 0.4) is 0 Å². The summed E-state index contributed by atoms with van der Waals surface area (Å²) >= 11 is 0. The van der Waals surface area contributed by atoms with Gasteiger partial charge in [-0.25, -0.2) is 0 Å². The second-order valence-electron chi connectivity index (χ2n) is 6.10. The first kappa shape index (κ1) is 12.6. The van der Waals surface area contributed by atoms with Crippen molar-refractivity contribution in [3.8, 4) is 0 Å². The molecule has 1 heteroatoms. The summed E-state index contributed by atoms with van der Waals surface area (Å²) < 4.78 is 0. The zero-order valence-electron chi connectivity index (χ0n) is 11.4. The van der Waals surface area contributed by atoms with Gasteiger partial charge in [0.25, 0.3) is 0 Å². The van der Waals surface area contributed by atoms with Crippen molar-refractivity contribution in [1.29, 1.82) is 0 Å². The van der Waals surface area contributed by atoms with Gasteiger partial charge < -0.3 is 5.73 Å². The molecule has 2 rings (SSSR count). The maximum absolute atomic E-state index is 6.59. The highest BCUT2D eigenvalue weighted by Gasteiger charge is 2.33. The second kappa shape index (κ2) is 4.81. The topological polar surface area (TPSA) is 26.0 Å². The van der Waals surface area contributed by atoms with E-state index in [9.17, 15) is 0 Å². The minimum absolute atomic E-state index is 0.0703. The van der Waals surface area contributed by atoms with Crippen molar-refractivity contribution in [3.63, 3.8) is 0 Å². The summed E-state index contributed by atoms with van der Waals surface area (Å²) in [5.41, 5.74) is 9.16. The molecule has 1 aromatic rings. The van der Waals surface area contributed by atoms with Crippen LogP contribution < -0.4 is 5.73 Å². The number of rotatable bonds is 2. The van der Waals surface area contributed by atoms with E-state index in [1.807, 2.05) is 0 Å². The van der Waals surface area contributed by atoms with Crippen LogP contribution in [-0.4, -0.2) is 0 Å². The van der Waals surface area contributed by atoms with Gasteiger partial charge in [-0.05, 0) is 50.0 Å². The lowest BCUT2D eigenvalue weighted by molar-refractivity contribution is 0.196. The lowest BCUT2D eigenvalue weighted by Gasteiger charge is -2.39. The molecular formula is C16H25N. The fourth-order valence-electron chi connectivity index (χ4n) is 3.00. The summed E-state index contributed by atoms with van der Waals surface area (Å²) in [6, 6.07) is 8.78. The Morgan fingerprint density at radius 3 is 2.12 bits per heavy atom. The Labute approximate surface area is 105 Å². The number of aryl methyl sites for hydroxylation is 1. The highest BCUT2D eigenvalue weighted by molar-refractivity contribution is 5.28. The van der Waals surface area contributed by atoms with Crippen molar-refractivity contribution < 1.29 is 0 Å². The second-order valence-corrected chi connectivity index (χ2v) is 6.10. The predicted octanol–water partition coefficient (Wildman–Crippen LogP) is 4.00. The Kier molecular flexibility index (Phi) is 3.58. The molecule has 0 unspecified atom stereocenters. The van der Waals surface area contributed by atoms with Gasteiger partial charge in [-0.2, -0.15) is 0 Å². The Morgan fingerprint density at radius 1 is 1.12 bits per heavy atom. The molecule has 94 valence electrons. The predicted molar refractivity (Wildman–Crippen MR) is 73.8 cm³/mol. The van der Waals surface area contributed by atoms with Gasteiger partial charge in [-0.3, -0.25) is 0 Å². The van der Waals surface area contributed by atoms with E-state index in [1.165, 1.54) is 24.0 Å². The van der Waals surface area contributed by atoms with Crippen molar-refractivity contribution in [3.05, 3.63) is 35.4 Å². The largest absolute Gasteiger partial charge is 0.321 e. The van der Waals surface area contributed by atoms with Gasteiger partial charge in [0.2, 0.25) is 0 Å². The molecule has 0 aliphatic heterocycles. The molecule has 1 aliphatic carbocycles. The summed E-state index contributed by atoms with van der Waals surface area (Å²) in [5.74, 6) is 1.68. The highest BCUT2D eigenvalue weighted by atomic mass is 14.7. The smallest absolute Gasteiger partial charge is 0.0409 e. The summed E-state index contributed by atoms with van der Waals surface area (Å²) in [4.78, 5) is 0. The zero-order valence-corrected chi connectivity index (χ0v) is 11.4. The average Bonchev–Trinajstić information content (AvgIpc) is 2.30. The van der Waals surface area contributed by atoms with Crippen LogP contribution >= 0.6 is 0 Å². The zero-order chi connectivity index (χ0) is 12.5. The van der Waals surface area contributed by atoms with E-state index in [-0.39, 0.29) is 5.54 Å². The molecule has 0 bridgehead atoms. The molecule has 0 saturated heterocycles. The molecule has 0 spiro atoms. The fraction of sp³-hybridized carbons (Fsp3) is 0.625. The minimum atomic E-state index is -0.0703. The first-order valence-corrected chi connectivity index (χ1v) is 6.87. The lowest BCUT2D eigenvalue weighted by atomic mass is 9.70. The molecule has 2 N–H and O–H groups in total. The van der Waals surface area contributed by atoms with Crippen LogP contribution in [0.1, 0.15) is 50.7 Å². The number of nitrogens with two attached hydrogens (primary N) is 1. The first-order chi connectivity index (χ1) is 8.01. The van der Waals surface area contributed by atoms with Crippen molar-refractivity contribution in [1.82, 2.24) is 0 Å². The van der Waals surface area contributed by atoms with E-state index in [2.05, 4.69) is 45.0 Å². The summed E-state index contributed by atoms with van der Waals surface area (Å²) in [6.07, 6.45) is 4.84. The summed E-state index contributed by atoms with van der Waals surface area (Å²) in [7, 11) is 0. The Morgan fingerprint density at radius 2 is 1.65 bits per heavy atom. The fourth-order valence-corrected chi connectivity index (χ4v) is 3.00. The van der Waals surface area contributed by atoms with Gasteiger partial charge in [-0.1, -0.05) is 43.7 Å². The molecule has 1 nitrogen and oxygen atoms in total. The van der Waals surface area contributed by atoms with Gasteiger partial charge in [-0.15, -0.1) is 0 Å². The Bertz CT molecular complexity index is 356. The van der Waals surface area contributed by atoms with E-state index in [4.69, 9.17) is 5.73 Å². The highest BCUT2D eigenvalue weighted by Crippen LogP contribution is 2.40. The molecule has 0 heterocycles. The van der Waals surface area contributed by atoms with Gasteiger partial charge in [0.15, 0.2) is 0 Å². The molecule has 0 amide bonds. The van der Waals surface area contributed by atoms with Crippen molar-refractivity contribution in [2.45, 2.75) is 52.0 Å². The number of hydrogen-bond acceptors (Lipinski definition) is 1. The van der Waals surface area contributed by atoms with Crippen LogP contribution in [-0.2, 0) is 5.54 Å². The van der Waals surface area contributed by atoms with Gasteiger partial charge in [0, 0.05) is 5.54 Å². The van der Waals surface area contributed by atoms with Crippen molar-refractivity contribution in [2.24, 2.45) is 17.6 Å². The van der Waals surface area contributed by atoms with Crippen LogP contribution in [0.15, 0.2) is 24.3 Å². The third-order valence-electron chi connectivity index (χ3n) is 4.49. The molecule has 0 radical (unpaired) electrons. The summed E-state index contributed by atoms with van der Waals surface area (Å²) in [5, 5.41) is 0. The lowest BCUT2D eigenvalue weighted by Crippen LogP contribution is -2.41. The molecule has 1 saturated carbocycles. The maximum atomic E-state index is 6.59. The normalized spacial score (nSPS) is 29.6.